The number of carbonyl (C=O) groups excluding carboxylic acids is 1. The van der Waals surface area contributed by atoms with E-state index in [9.17, 15) is 4.79 Å². The van der Waals surface area contributed by atoms with Gasteiger partial charge in [-0.25, -0.2) is 0 Å². The van der Waals surface area contributed by atoms with E-state index in [1.54, 1.807) is 14.2 Å². The van der Waals surface area contributed by atoms with Gasteiger partial charge in [-0.3, -0.25) is 4.79 Å². The van der Waals surface area contributed by atoms with Crippen LogP contribution < -0.4 is 9.47 Å². The summed E-state index contributed by atoms with van der Waals surface area (Å²) < 4.78 is 16.3. The van der Waals surface area contributed by atoms with Crippen LogP contribution in [0, 0.1) is 0 Å². The number of methoxy groups -OCH3 is 2. The van der Waals surface area contributed by atoms with Crippen molar-refractivity contribution in [3.8, 4) is 11.5 Å². The van der Waals surface area contributed by atoms with E-state index in [0.29, 0.717) is 17.4 Å². The fourth-order valence-electron chi connectivity index (χ4n) is 4.16. The first kappa shape index (κ1) is 22.2. The minimum absolute atomic E-state index is 0.0157. The van der Waals surface area contributed by atoms with E-state index in [2.05, 4.69) is 43.3 Å². The largest absolute Gasteiger partial charge is 0.493 e. The van der Waals surface area contributed by atoms with Crippen LogP contribution in [-0.2, 0) is 22.5 Å². The van der Waals surface area contributed by atoms with E-state index in [-0.39, 0.29) is 18.5 Å². The second-order valence-electron chi connectivity index (χ2n) is 8.31. The Hall–Kier alpha value is -2.53. The summed E-state index contributed by atoms with van der Waals surface area (Å²) in [7, 11) is 7.36. The maximum Gasteiger partial charge on any atom is 0.310 e. The van der Waals surface area contributed by atoms with Crippen LogP contribution in [0.4, 0.5) is 0 Å². The van der Waals surface area contributed by atoms with E-state index < -0.39 is 0 Å². The van der Waals surface area contributed by atoms with Crippen molar-refractivity contribution in [3.05, 3.63) is 59.2 Å². The van der Waals surface area contributed by atoms with Gasteiger partial charge in [-0.2, -0.15) is 0 Å². The van der Waals surface area contributed by atoms with E-state index in [0.717, 1.165) is 37.8 Å². The zero-order valence-corrected chi connectivity index (χ0v) is 18.5. The predicted octanol–water partition coefficient (Wildman–Crippen LogP) is 4.58. The van der Waals surface area contributed by atoms with Gasteiger partial charge in [0.1, 0.15) is 6.10 Å². The first-order valence-electron chi connectivity index (χ1n) is 10.6. The third-order valence-corrected chi connectivity index (χ3v) is 5.72. The standard InChI is InChI=1S/C25H33NO4/c1-26(2)17-18-5-8-20(9-6-18)21-10-12-22(13-11-21)30-25(27)16-19-7-14-23(28-3)24(15-19)29-4/h5-9,14-15,21-22H,10-13,16-17H2,1-4H3. The minimum atomic E-state index is -0.182. The van der Waals surface area contributed by atoms with E-state index in [1.807, 2.05) is 18.2 Å². The zero-order valence-electron chi connectivity index (χ0n) is 18.5. The highest BCUT2D eigenvalue weighted by molar-refractivity contribution is 5.73. The smallest absolute Gasteiger partial charge is 0.310 e. The second-order valence-corrected chi connectivity index (χ2v) is 8.31. The van der Waals surface area contributed by atoms with Crippen molar-refractivity contribution < 1.29 is 19.0 Å². The molecule has 0 amide bonds. The monoisotopic (exact) mass is 411 g/mol. The van der Waals surface area contributed by atoms with Crippen molar-refractivity contribution in [2.45, 2.75) is 50.7 Å². The molecule has 30 heavy (non-hydrogen) atoms. The van der Waals surface area contributed by atoms with Gasteiger partial charge in [-0.1, -0.05) is 30.3 Å². The molecule has 1 aliphatic carbocycles. The minimum Gasteiger partial charge on any atom is -0.493 e. The summed E-state index contributed by atoms with van der Waals surface area (Å²) in [6.45, 7) is 0.961. The molecule has 0 unspecified atom stereocenters. The molecule has 1 aliphatic rings. The van der Waals surface area contributed by atoms with E-state index in [1.165, 1.54) is 11.1 Å². The van der Waals surface area contributed by atoms with Crippen molar-refractivity contribution in [3.63, 3.8) is 0 Å². The molecule has 5 nitrogen and oxygen atoms in total. The van der Waals surface area contributed by atoms with Gasteiger partial charge >= 0.3 is 5.97 Å². The van der Waals surface area contributed by atoms with Crippen molar-refractivity contribution in [1.29, 1.82) is 0 Å². The normalized spacial score (nSPS) is 18.8. The first-order valence-corrected chi connectivity index (χ1v) is 10.6. The molecule has 0 heterocycles. The lowest BCUT2D eigenvalue weighted by Crippen LogP contribution is -2.24. The van der Waals surface area contributed by atoms with Crippen molar-refractivity contribution >= 4 is 5.97 Å². The molecule has 0 N–H and O–H groups in total. The highest BCUT2D eigenvalue weighted by Gasteiger charge is 2.25. The first-order chi connectivity index (χ1) is 14.5. The third kappa shape index (κ3) is 5.99. The number of ether oxygens (including phenoxy) is 3. The van der Waals surface area contributed by atoms with Gasteiger partial charge in [0.2, 0.25) is 0 Å². The lowest BCUT2D eigenvalue weighted by molar-refractivity contribution is -0.149. The van der Waals surface area contributed by atoms with Gasteiger partial charge < -0.3 is 19.1 Å². The quantitative estimate of drug-likeness (QED) is 0.595. The number of nitrogens with zero attached hydrogens (tertiary/aromatic N) is 1. The molecule has 162 valence electrons. The molecular weight excluding hydrogens is 378 g/mol. The molecule has 0 aliphatic heterocycles. The molecule has 1 saturated carbocycles. The molecule has 0 atom stereocenters. The molecule has 3 rings (SSSR count). The molecule has 0 bridgehead atoms. The molecule has 0 aromatic heterocycles. The Kier molecular flexibility index (Phi) is 7.75. The molecule has 2 aromatic rings. The van der Waals surface area contributed by atoms with Crippen LogP contribution in [0.1, 0.15) is 48.3 Å². The van der Waals surface area contributed by atoms with Crippen LogP contribution in [0.5, 0.6) is 11.5 Å². The molecule has 0 radical (unpaired) electrons. The van der Waals surface area contributed by atoms with Gasteiger partial charge in [0.15, 0.2) is 11.5 Å². The highest BCUT2D eigenvalue weighted by atomic mass is 16.5. The Morgan fingerprint density at radius 3 is 2.13 bits per heavy atom. The van der Waals surface area contributed by atoms with E-state index >= 15 is 0 Å². The summed E-state index contributed by atoms with van der Waals surface area (Å²) in [5, 5.41) is 0. The number of rotatable bonds is 8. The van der Waals surface area contributed by atoms with Gasteiger partial charge in [0, 0.05) is 6.54 Å². The topological polar surface area (TPSA) is 48.0 Å². The SMILES string of the molecule is COc1ccc(CC(=O)OC2CCC(c3ccc(CN(C)C)cc3)CC2)cc1OC. The van der Waals surface area contributed by atoms with Gasteiger partial charge in [-0.15, -0.1) is 0 Å². The lowest BCUT2D eigenvalue weighted by atomic mass is 9.82. The number of hydrogen-bond acceptors (Lipinski definition) is 5. The number of esters is 1. The van der Waals surface area contributed by atoms with Gasteiger partial charge in [0.05, 0.1) is 20.6 Å². The van der Waals surface area contributed by atoms with Crippen LogP contribution in [-0.4, -0.2) is 45.3 Å². The summed E-state index contributed by atoms with van der Waals surface area (Å²) in [6.07, 6.45) is 4.21. The Morgan fingerprint density at radius 1 is 0.900 bits per heavy atom. The van der Waals surface area contributed by atoms with Crippen molar-refractivity contribution in [2.24, 2.45) is 0 Å². The number of hydrogen-bond donors (Lipinski definition) is 0. The maximum absolute atomic E-state index is 12.4. The fraction of sp³-hybridized carbons (Fsp3) is 0.480. The van der Waals surface area contributed by atoms with Crippen molar-refractivity contribution in [1.82, 2.24) is 4.90 Å². The average molecular weight is 412 g/mol. The van der Waals surface area contributed by atoms with Crippen LogP contribution in [0.2, 0.25) is 0 Å². The Balaban J connectivity index is 1.48. The summed E-state index contributed by atoms with van der Waals surface area (Å²) >= 11 is 0. The zero-order chi connectivity index (χ0) is 21.5. The summed E-state index contributed by atoms with van der Waals surface area (Å²) in [6, 6.07) is 14.5. The van der Waals surface area contributed by atoms with Crippen molar-refractivity contribution in [2.75, 3.05) is 28.3 Å². The van der Waals surface area contributed by atoms with Crippen LogP contribution in [0.3, 0.4) is 0 Å². The number of carbonyl (C=O) groups is 1. The Morgan fingerprint density at radius 2 is 1.53 bits per heavy atom. The molecule has 0 saturated heterocycles. The molecule has 1 fully saturated rings. The summed E-state index contributed by atoms with van der Waals surface area (Å²) in [5.74, 6) is 1.65. The van der Waals surface area contributed by atoms with Crippen LogP contribution >= 0.6 is 0 Å². The molecular formula is C25H33NO4. The predicted molar refractivity (Wildman–Crippen MR) is 118 cm³/mol. The van der Waals surface area contributed by atoms with Gasteiger partial charge in [0.25, 0.3) is 0 Å². The molecule has 5 heteroatoms. The molecule has 2 aromatic carbocycles. The van der Waals surface area contributed by atoms with Crippen LogP contribution in [0.25, 0.3) is 0 Å². The van der Waals surface area contributed by atoms with E-state index in [4.69, 9.17) is 14.2 Å². The molecule has 0 spiro atoms. The van der Waals surface area contributed by atoms with Crippen LogP contribution in [0.15, 0.2) is 42.5 Å². The Bertz CT molecular complexity index is 824. The Labute approximate surface area is 179 Å². The fourth-order valence-corrected chi connectivity index (χ4v) is 4.16. The second kappa shape index (κ2) is 10.5. The lowest BCUT2D eigenvalue weighted by Gasteiger charge is -2.28. The maximum atomic E-state index is 12.4. The number of benzene rings is 2. The summed E-state index contributed by atoms with van der Waals surface area (Å²) in [4.78, 5) is 14.6. The highest BCUT2D eigenvalue weighted by Crippen LogP contribution is 2.34. The third-order valence-electron chi connectivity index (χ3n) is 5.72. The van der Waals surface area contributed by atoms with Gasteiger partial charge in [-0.05, 0) is 74.5 Å². The average Bonchev–Trinajstić information content (AvgIpc) is 2.74. The summed E-state index contributed by atoms with van der Waals surface area (Å²) in [5.41, 5.74) is 3.60.